The number of nitrogens with zero attached hydrogens (tertiary/aromatic N) is 2. The molecular weight excluding hydrogens is 441 g/mol. The van der Waals surface area contributed by atoms with E-state index in [0.29, 0.717) is 22.5 Å². The molecule has 0 bridgehead atoms. The highest BCUT2D eigenvalue weighted by atomic mass is 32.1. The molecule has 1 N–H and O–H groups in total. The van der Waals surface area contributed by atoms with Gasteiger partial charge in [-0.05, 0) is 61.0 Å². The molecule has 3 aromatic carbocycles. The van der Waals surface area contributed by atoms with Crippen LogP contribution in [0.4, 0.5) is 14.9 Å². The Morgan fingerprint density at radius 1 is 1.00 bits per heavy atom. The number of amides is 2. The van der Waals surface area contributed by atoms with Crippen LogP contribution in [0.25, 0.3) is 10.9 Å². The number of carbonyl (C=O) groups is 2. The van der Waals surface area contributed by atoms with Crippen LogP contribution in [0.3, 0.4) is 0 Å². The lowest BCUT2D eigenvalue weighted by Gasteiger charge is -2.20. The van der Waals surface area contributed by atoms with Gasteiger partial charge < -0.3 is 10.1 Å². The van der Waals surface area contributed by atoms with Crippen LogP contribution >= 0.6 is 12.8 Å². The summed E-state index contributed by atoms with van der Waals surface area (Å²) in [4.78, 5) is 29.5. The first-order valence-electron chi connectivity index (χ1n) is 10.1. The molecule has 1 unspecified atom stereocenters. The number of hydrogen-bond acceptors (Lipinski definition) is 5. The van der Waals surface area contributed by atoms with Gasteiger partial charge in [-0.3, -0.25) is 4.98 Å². The summed E-state index contributed by atoms with van der Waals surface area (Å²) < 4.78 is 19.7. The fourth-order valence-corrected chi connectivity index (χ4v) is 3.48. The number of rotatable bonds is 5. The van der Waals surface area contributed by atoms with E-state index >= 15 is 0 Å². The molecule has 0 aliphatic heterocycles. The van der Waals surface area contributed by atoms with Crippen LogP contribution < -0.4 is 14.4 Å². The predicted octanol–water partition coefficient (Wildman–Crippen LogP) is 5.72. The summed E-state index contributed by atoms with van der Waals surface area (Å²) in [7, 11) is 0. The second-order valence-corrected chi connectivity index (χ2v) is 7.70. The third-order valence-electron chi connectivity index (χ3n) is 5.05. The molecule has 0 aliphatic rings. The molecule has 0 radical (unpaired) electrons. The Morgan fingerprint density at radius 3 is 2.42 bits per heavy atom. The molecule has 2 amide bonds. The lowest BCUT2D eigenvalue weighted by molar-refractivity contribution is 0.0736. The van der Waals surface area contributed by atoms with Crippen LogP contribution in [0.1, 0.15) is 28.9 Å². The smallest absolute Gasteiger partial charge is 0.345 e. The summed E-state index contributed by atoms with van der Waals surface area (Å²) in [5.41, 5.74) is 2.17. The molecule has 8 heteroatoms. The number of carbonyl (C=O) groups excluding carboxylic acids is 2. The van der Waals surface area contributed by atoms with E-state index < -0.39 is 12.0 Å². The van der Waals surface area contributed by atoms with Crippen molar-refractivity contribution in [2.24, 2.45) is 0 Å². The quantitative estimate of drug-likeness (QED) is 0.227. The molecular formula is C25H20FN3O3S. The first-order chi connectivity index (χ1) is 15.9. The topological polar surface area (TPSA) is 71.5 Å². The molecule has 0 saturated carbocycles. The van der Waals surface area contributed by atoms with Crippen molar-refractivity contribution in [2.45, 2.75) is 13.0 Å². The standard InChI is InChI=1S/C25H20FN3O3S/c1-16(17-7-9-19(26)10-8-17)28-25(31)29(33)20-11-13-21(14-12-20)32-24(30)22-6-2-4-18-5-3-15-27-23(18)22/h2-16,33H,1H3,(H,28,31). The normalized spacial score (nSPS) is 11.6. The molecule has 1 aromatic heterocycles. The van der Waals surface area contributed by atoms with Gasteiger partial charge in [-0.1, -0.05) is 43.1 Å². The van der Waals surface area contributed by atoms with Gasteiger partial charge in [-0.15, -0.1) is 0 Å². The number of nitrogens with one attached hydrogen (secondary N) is 1. The van der Waals surface area contributed by atoms with Gasteiger partial charge in [0.1, 0.15) is 11.6 Å². The molecule has 1 atom stereocenters. The minimum atomic E-state index is -0.527. The van der Waals surface area contributed by atoms with Crippen LogP contribution in [-0.4, -0.2) is 17.0 Å². The lowest BCUT2D eigenvalue weighted by Crippen LogP contribution is -2.35. The van der Waals surface area contributed by atoms with E-state index in [1.165, 1.54) is 12.1 Å². The van der Waals surface area contributed by atoms with E-state index in [1.54, 1.807) is 67.7 Å². The number of ether oxygens (including phenoxy) is 1. The van der Waals surface area contributed by atoms with Crippen LogP contribution in [0.5, 0.6) is 5.75 Å². The fraction of sp³-hybridized carbons (Fsp3) is 0.0800. The zero-order chi connectivity index (χ0) is 23.4. The van der Waals surface area contributed by atoms with Crippen LogP contribution in [0, 0.1) is 5.82 Å². The number of hydrogen-bond donors (Lipinski definition) is 2. The molecule has 4 rings (SSSR count). The van der Waals surface area contributed by atoms with E-state index in [2.05, 4.69) is 23.1 Å². The third-order valence-corrected chi connectivity index (χ3v) is 5.46. The maximum atomic E-state index is 13.1. The number of benzene rings is 3. The number of fused-ring (bicyclic) bond motifs is 1. The molecule has 0 aliphatic carbocycles. The van der Waals surface area contributed by atoms with Gasteiger partial charge in [0.2, 0.25) is 0 Å². The Morgan fingerprint density at radius 2 is 1.70 bits per heavy atom. The highest BCUT2D eigenvalue weighted by Crippen LogP contribution is 2.24. The Labute approximate surface area is 195 Å². The summed E-state index contributed by atoms with van der Waals surface area (Å²) in [5, 5.41) is 3.64. The third kappa shape index (κ3) is 5.12. The van der Waals surface area contributed by atoms with Crippen molar-refractivity contribution in [3.63, 3.8) is 0 Å². The van der Waals surface area contributed by atoms with Gasteiger partial charge in [-0.2, -0.15) is 0 Å². The summed E-state index contributed by atoms with van der Waals surface area (Å²) >= 11 is 4.26. The summed E-state index contributed by atoms with van der Waals surface area (Å²) in [6.07, 6.45) is 1.62. The Balaban J connectivity index is 1.41. The van der Waals surface area contributed by atoms with E-state index in [0.717, 1.165) is 15.3 Å². The Bertz CT molecular complexity index is 1290. The molecule has 0 spiro atoms. The van der Waals surface area contributed by atoms with E-state index in [9.17, 15) is 14.0 Å². The number of para-hydroxylation sites is 1. The first-order valence-corrected chi connectivity index (χ1v) is 10.5. The molecule has 166 valence electrons. The van der Waals surface area contributed by atoms with Gasteiger partial charge in [0, 0.05) is 11.6 Å². The number of anilines is 1. The number of esters is 1. The van der Waals surface area contributed by atoms with Gasteiger partial charge in [0.05, 0.1) is 22.8 Å². The number of thiol groups is 1. The summed E-state index contributed by atoms with van der Waals surface area (Å²) in [5.74, 6) is -0.551. The van der Waals surface area contributed by atoms with Gasteiger partial charge in [0.25, 0.3) is 0 Å². The zero-order valence-corrected chi connectivity index (χ0v) is 18.5. The predicted molar refractivity (Wildman–Crippen MR) is 128 cm³/mol. The highest BCUT2D eigenvalue weighted by Gasteiger charge is 2.17. The second kappa shape index (κ2) is 9.70. The molecule has 33 heavy (non-hydrogen) atoms. The molecule has 0 fully saturated rings. The number of halogens is 1. The van der Waals surface area contributed by atoms with Crippen molar-refractivity contribution in [1.29, 1.82) is 0 Å². The second-order valence-electron chi connectivity index (χ2n) is 7.30. The maximum Gasteiger partial charge on any atom is 0.345 e. The van der Waals surface area contributed by atoms with Crippen molar-refractivity contribution in [1.82, 2.24) is 10.3 Å². The van der Waals surface area contributed by atoms with E-state index in [4.69, 9.17) is 4.74 Å². The molecule has 1 heterocycles. The molecule has 4 aromatic rings. The first kappa shape index (κ1) is 22.3. The van der Waals surface area contributed by atoms with Crippen molar-refractivity contribution in [3.05, 3.63) is 102 Å². The average Bonchev–Trinajstić information content (AvgIpc) is 2.84. The average molecular weight is 462 g/mol. The summed E-state index contributed by atoms with van der Waals surface area (Å²) in [6, 6.07) is 20.4. The fourth-order valence-electron chi connectivity index (χ4n) is 3.28. The maximum absolute atomic E-state index is 13.1. The van der Waals surface area contributed by atoms with Gasteiger partial charge in [0.15, 0.2) is 0 Å². The number of aromatic nitrogens is 1. The van der Waals surface area contributed by atoms with Crippen molar-refractivity contribution >= 4 is 41.4 Å². The number of urea groups is 1. The van der Waals surface area contributed by atoms with Gasteiger partial charge >= 0.3 is 12.0 Å². The van der Waals surface area contributed by atoms with E-state index in [-0.39, 0.29) is 11.9 Å². The van der Waals surface area contributed by atoms with Crippen LogP contribution in [-0.2, 0) is 0 Å². The lowest BCUT2D eigenvalue weighted by atomic mass is 10.1. The minimum Gasteiger partial charge on any atom is -0.423 e. The van der Waals surface area contributed by atoms with Crippen molar-refractivity contribution < 1.29 is 18.7 Å². The SMILES string of the molecule is CC(NC(=O)N(S)c1ccc(OC(=O)c2cccc3cccnc23)cc1)c1ccc(F)cc1. The van der Waals surface area contributed by atoms with Crippen molar-refractivity contribution in [3.8, 4) is 5.75 Å². The monoisotopic (exact) mass is 461 g/mol. The number of pyridine rings is 1. The van der Waals surface area contributed by atoms with Crippen LogP contribution in [0.15, 0.2) is 85.1 Å². The largest absolute Gasteiger partial charge is 0.423 e. The Kier molecular flexibility index (Phi) is 6.55. The van der Waals surface area contributed by atoms with Crippen molar-refractivity contribution in [2.75, 3.05) is 4.31 Å². The van der Waals surface area contributed by atoms with Crippen LogP contribution in [0.2, 0.25) is 0 Å². The van der Waals surface area contributed by atoms with Gasteiger partial charge in [-0.25, -0.2) is 18.3 Å². The Hall–Kier alpha value is -3.91. The zero-order valence-electron chi connectivity index (χ0n) is 17.6. The molecule has 6 nitrogen and oxygen atoms in total. The van der Waals surface area contributed by atoms with E-state index in [1.807, 2.05) is 12.1 Å². The molecule has 0 saturated heterocycles. The highest BCUT2D eigenvalue weighted by molar-refractivity contribution is 7.82. The minimum absolute atomic E-state index is 0.318. The summed E-state index contributed by atoms with van der Waals surface area (Å²) in [6.45, 7) is 1.79.